The Balaban J connectivity index is 0.00000294. The van der Waals surface area contributed by atoms with Gasteiger partial charge in [0.25, 0.3) is 0 Å². The average Bonchev–Trinajstić information content (AvgIpc) is 3.32. The molecule has 0 radical (unpaired) electrons. The van der Waals surface area contributed by atoms with Crippen molar-refractivity contribution in [2.75, 3.05) is 5.32 Å². The van der Waals surface area contributed by atoms with Gasteiger partial charge in [-0.15, -0.1) is 12.4 Å². The molecule has 5 aromatic rings. The molecule has 0 spiro atoms. The number of hydrogen-bond acceptors (Lipinski definition) is 3. The second-order valence-electron chi connectivity index (χ2n) is 9.90. The van der Waals surface area contributed by atoms with Crippen LogP contribution in [0.1, 0.15) is 60.2 Å². The summed E-state index contributed by atoms with van der Waals surface area (Å²) in [6.45, 7) is 4.31. The normalized spacial score (nSPS) is 12.4. The van der Waals surface area contributed by atoms with Crippen molar-refractivity contribution < 1.29 is 9.53 Å². The summed E-state index contributed by atoms with van der Waals surface area (Å²) >= 11 is 0. The molecule has 0 saturated carbocycles. The first kappa shape index (κ1) is 25.6. The van der Waals surface area contributed by atoms with E-state index in [0.29, 0.717) is 12.8 Å². The number of ether oxygens (including phenoxy) is 1. The fourth-order valence-corrected chi connectivity index (χ4v) is 5.28. The molecule has 1 amide bonds. The largest absolute Gasteiger partial charge is 0.457 e. The zero-order valence-corrected chi connectivity index (χ0v) is 22.2. The summed E-state index contributed by atoms with van der Waals surface area (Å²) in [5.41, 5.74) is 7.09. The number of carbonyl (C=O) groups excluding carboxylic acids is 1. The standard InChI is InChI=1S/C32H29N3O2.ClH/c1-20(2)22-13-9-10-21(18-30-33-26-14-5-6-15-27(26)34-30)32(22)35-31(36)19-25-23-11-3-7-16-28(23)37-29-17-8-4-12-24(25)29;/h3-17,20,25H,18-19H2,1-2H3,(H,33,34)(H,35,36);1H. The number of anilines is 1. The quantitative estimate of drug-likeness (QED) is 0.237. The highest BCUT2D eigenvalue weighted by molar-refractivity contribution is 5.93. The molecule has 1 aromatic heterocycles. The molecule has 2 N–H and O–H groups in total. The molecule has 5 nitrogen and oxygen atoms in total. The predicted molar refractivity (Wildman–Crippen MR) is 155 cm³/mol. The van der Waals surface area contributed by atoms with Gasteiger partial charge in [0.15, 0.2) is 0 Å². The minimum absolute atomic E-state index is 0. The van der Waals surface area contributed by atoms with Crippen LogP contribution in [0.15, 0.2) is 91.0 Å². The van der Waals surface area contributed by atoms with E-state index in [-0.39, 0.29) is 30.2 Å². The lowest BCUT2D eigenvalue weighted by Gasteiger charge is -2.28. The van der Waals surface area contributed by atoms with Crippen LogP contribution >= 0.6 is 12.4 Å². The van der Waals surface area contributed by atoms with Gasteiger partial charge >= 0.3 is 0 Å². The lowest BCUT2D eigenvalue weighted by atomic mass is 9.85. The number of halogens is 1. The molecule has 4 aromatic carbocycles. The third-order valence-corrected chi connectivity index (χ3v) is 7.06. The second-order valence-corrected chi connectivity index (χ2v) is 9.90. The monoisotopic (exact) mass is 523 g/mol. The number of para-hydroxylation sites is 5. The van der Waals surface area contributed by atoms with Crippen molar-refractivity contribution in [2.45, 2.75) is 38.5 Å². The summed E-state index contributed by atoms with van der Waals surface area (Å²) in [5.74, 6) is 2.67. The third-order valence-electron chi connectivity index (χ3n) is 7.06. The number of amides is 1. The summed E-state index contributed by atoms with van der Waals surface area (Å²) in [7, 11) is 0. The molecule has 6 heteroatoms. The van der Waals surface area contributed by atoms with E-state index in [1.54, 1.807) is 0 Å². The number of nitrogens with zero attached hydrogens (tertiary/aromatic N) is 1. The van der Waals surface area contributed by atoms with Crippen LogP contribution in [0.4, 0.5) is 5.69 Å². The van der Waals surface area contributed by atoms with E-state index >= 15 is 0 Å². The Bertz CT molecular complexity index is 1530. The van der Waals surface area contributed by atoms with Gasteiger partial charge in [0, 0.05) is 35.6 Å². The van der Waals surface area contributed by atoms with Gasteiger partial charge in [-0.25, -0.2) is 4.98 Å². The molecule has 0 aliphatic carbocycles. The van der Waals surface area contributed by atoms with E-state index < -0.39 is 0 Å². The van der Waals surface area contributed by atoms with E-state index in [0.717, 1.165) is 56.3 Å². The number of hydrogen-bond donors (Lipinski definition) is 2. The molecule has 0 atom stereocenters. The molecular formula is C32H30ClN3O2. The van der Waals surface area contributed by atoms with Crippen LogP contribution in [0.5, 0.6) is 11.5 Å². The topological polar surface area (TPSA) is 67.0 Å². The number of imidazole rings is 1. The van der Waals surface area contributed by atoms with Crippen molar-refractivity contribution in [3.8, 4) is 11.5 Å². The maximum absolute atomic E-state index is 13.6. The van der Waals surface area contributed by atoms with Crippen LogP contribution in [0.2, 0.25) is 0 Å². The number of H-pyrrole nitrogens is 1. The smallest absolute Gasteiger partial charge is 0.225 e. The van der Waals surface area contributed by atoms with Crippen molar-refractivity contribution in [1.82, 2.24) is 9.97 Å². The second kappa shape index (κ2) is 10.7. The summed E-state index contributed by atoms with van der Waals surface area (Å²) in [6, 6.07) is 30.2. The van der Waals surface area contributed by atoms with Gasteiger partial charge in [-0.1, -0.05) is 80.6 Å². The Morgan fingerprint density at radius 1 is 0.895 bits per heavy atom. The maximum atomic E-state index is 13.6. The molecule has 0 bridgehead atoms. The van der Waals surface area contributed by atoms with Crippen LogP contribution in [0.25, 0.3) is 11.0 Å². The highest BCUT2D eigenvalue weighted by atomic mass is 35.5. The Morgan fingerprint density at radius 3 is 2.24 bits per heavy atom. The van der Waals surface area contributed by atoms with Crippen molar-refractivity contribution in [3.63, 3.8) is 0 Å². The summed E-state index contributed by atoms with van der Waals surface area (Å²) in [6.07, 6.45) is 0.932. The van der Waals surface area contributed by atoms with Crippen LogP contribution in [0.3, 0.4) is 0 Å². The average molecular weight is 524 g/mol. The molecular weight excluding hydrogens is 494 g/mol. The number of rotatable bonds is 6. The number of benzene rings is 4. The molecule has 0 fully saturated rings. The molecule has 0 unspecified atom stereocenters. The third kappa shape index (κ3) is 4.90. The fourth-order valence-electron chi connectivity index (χ4n) is 5.28. The van der Waals surface area contributed by atoms with Crippen molar-refractivity contribution in [3.05, 3.63) is 119 Å². The van der Waals surface area contributed by atoms with Gasteiger partial charge in [-0.05, 0) is 41.3 Å². The van der Waals surface area contributed by atoms with E-state index in [2.05, 4.69) is 54.5 Å². The molecule has 1 aliphatic rings. The van der Waals surface area contributed by atoms with Gasteiger partial charge in [0.1, 0.15) is 17.3 Å². The number of nitrogens with one attached hydrogen (secondary N) is 2. The number of aromatic amines is 1. The maximum Gasteiger partial charge on any atom is 0.225 e. The van der Waals surface area contributed by atoms with Gasteiger partial charge in [0.05, 0.1) is 11.0 Å². The number of fused-ring (bicyclic) bond motifs is 3. The summed E-state index contributed by atoms with van der Waals surface area (Å²) in [4.78, 5) is 21.8. The Morgan fingerprint density at radius 2 is 1.55 bits per heavy atom. The Hall–Kier alpha value is -4.09. The van der Waals surface area contributed by atoms with Crippen LogP contribution in [-0.2, 0) is 11.2 Å². The highest BCUT2D eigenvalue weighted by Crippen LogP contribution is 2.45. The van der Waals surface area contributed by atoms with Crippen LogP contribution in [-0.4, -0.2) is 15.9 Å². The fraction of sp³-hybridized carbons (Fsp3) is 0.188. The summed E-state index contributed by atoms with van der Waals surface area (Å²) < 4.78 is 6.13. The summed E-state index contributed by atoms with van der Waals surface area (Å²) in [5, 5.41) is 3.30. The molecule has 0 saturated heterocycles. The van der Waals surface area contributed by atoms with Crippen molar-refractivity contribution in [1.29, 1.82) is 0 Å². The van der Waals surface area contributed by atoms with Crippen LogP contribution < -0.4 is 10.1 Å². The van der Waals surface area contributed by atoms with Gasteiger partial charge in [0.2, 0.25) is 5.91 Å². The molecule has 1 aliphatic heterocycles. The first-order chi connectivity index (χ1) is 18.1. The minimum atomic E-state index is -0.0776. The molecule has 192 valence electrons. The number of carbonyl (C=O) groups is 1. The number of aromatic nitrogens is 2. The van der Waals surface area contributed by atoms with E-state index in [1.165, 1.54) is 0 Å². The van der Waals surface area contributed by atoms with E-state index in [9.17, 15) is 4.79 Å². The zero-order valence-electron chi connectivity index (χ0n) is 21.4. The molecule has 38 heavy (non-hydrogen) atoms. The lowest BCUT2D eigenvalue weighted by molar-refractivity contribution is -0.116. The SMILES string of the molecule is CC(C)c1cccc(Cc2nc3ccccc3[nH]2)c1NC(=O)CC1c2ccccc2Oc2ccccc21.Cl. The van der Waals surface area contributed by atoms with Gasteiger partial charge in [-0.3, -0.25) is 4.79 Å². The first-order valence-corrected chi connectivity index (χ1v) is 12.8. The van der Waals surface area contributed by atoms with Crippen LogP contribution in [0, 0.1) is 0 Å². The predicted octanol–water partition coefficient (Wildman–Crippen LogP) is 7.97. The van der Waals surface area contributed by atoms with Gasteiger partial charge < -0.3 is 15.0 Å². The first-order valence-electron chi connectivity index (χ1n) is 12.8. The molecule has 6 rings (SSSR count). The van der Waals surface area contributed by atoms with Crippen molar-refractivity contribution in [2.24, 2.45) is 0 Å². The zero-order chi connectivity index (χ0) is 25.4. The minimum Gasteiger partial charge on any atom is -0.457 e. The Labute approximate surface area is 228 Å². The van der Waals surface area contributed by atoms with E-state index in [1.807, 2.05) is 60.7 Å². The van der Waals surface area contributed by atoms with Gasteiger partial charge in [-0.2, -0.15) is 0 Å². The van der Waals surface area contributed by atoms with Crippen molar-refractivity contribution >= 4 is 35.0 Å². The van der Waals surface area contributed by atoms with E-state index in [4.69, 9.17) is 9.72 Å². The lowest BCUT2D eigenvalue weighted by Crippen LogP contribution is -2.20. The molecule has 2 heterocycles. The highest BCUT2D eigenvalue weighted by Gasteiger charge is 2.29. The Kier molecular flexibility index (Phi) is 7.21.